The molecule has 130 valence electrons. The van der Waals surface area contributed by atoms with Gasteiger partial charge in [-0.15, -0.1) is 0 Å². The van der Waals surface area contributed by atoms with Crippen molar-refractivity contribution in [3.8, 4) is 5.75 Å². The third kappa shape index (κ3) is 5.99. The summed E-state index contributed by atoms with van der Waals surface area (Å²) in [5.74, 6) is 0.855. The van der Waals surface area contributed by atoms with Crippen molar-refractivity contribution in [1.82, 2.24) is 10.2 Å². The summed E-state index contributed by atoms with van der Waals surface area (Å²) in [6, 6.07) is 13.5. The van der Waals surface area contributed by atoms with Gasteiger partial charge in [0.2, 0.25) is 0 Å². The van der Waals surface area contributed by atoms with Crippen LogP contribution in [0.1, 0.15) is 17.5 Å². The molecule has 0 amide bonds. The fourth-order valence-corrected chi connectivity index (χ4v) is 2.86. The van der Waals surface area contributed by atoms with Crippen molar-refractivity contribution in [2.24, 2.45) is 0 Å². The number of hydrogen-bond acceptors (Lipinski definition) is 3. The summed E-state index contributed by atoms with van der Waals surface area (Å²) in [4.78, 5) is 2.19. The molecule has 0 fully saturated rings. The summed E-state index contributed by atoms with van der Waals surface area (Å²) >= 11 is 12.4. The Morgan fingerprint density at radius 3 is 2.42 bits per heavy atom. The molecule has 2 aromatic rings. The van der Waals surface area contributed by atoms with E-state index in [1.54, 1.807) is 0 Å². The van der Waals surface area contributed by atoms with E-state index >= 15 is 0 Å². The number of hydrogen-bond donors (Lipinski definition) is 1. The van der Waals surface area contributed by atoms with Crippen molar-refractivity contribution in [2.45, 2.75) is 19.6 Å². The van der Waals surface area contributed by atoms with Crippen LogP contribution >= 0.6 is 23.2 Å². The molecule has 1 N–H and O–H groups in total. The van der Waals surface area contributed by atoms with Crippen LogP contribution in [0, 0.1) is 0 Å². The van der Waals surface area contributed by atoms with Crippen molar-refractivity contribution >= 4 is 23.2 Å². The van der Waals surface area contributed by atoms with E-state index in [2.05, 4.69) is 30.4 Å². The third-order valence-electron chi connectivity index (χ3n) is 3.68. The minimum absolute atomic E-state index is 0.357. The summed E-state index contributed by atoms with van der Waals surface area (Å²) in [6.45, 7) is 3.19. The van der Waals surface area contributed by atoms with Gasteiger partial charge < -0.3 is 15.0 Å². The zero-order valence-electron chi connectivity index (χ0n) is 14.2. The Morgan fingerprint density at radius 2 is 1.71 bits per heavy atom. The van der Waals surface area contributed by atoms with Crippen LogP contribution in [0.4, 0.5) is 0 Å². The molecular weight excluding hydrogens is 343 g/mol. The van der Waals surface area contributed by atoms with Gasteiger partial charge in [-0.1, -0.05) is 47.5 Å². The van der Waals surface area contributed by atoms with Gasteiger partial charge in [-0.05, 0) is 51.8 Å². The molecule has 2 aromatic carbocycles. The number of nitrogens with zero attached hydrogens (tertiary/aromatic N) is 1. The Labute approximate surface area is 154 Å². The lowest BCUT2D eigenvalue weighted by Crippen LogP contribution is -2.21. The van der Waals surface area contributed by atoms with Gasteiger partial charge in [0.05, 0.1) is 0 Å². The lowest BCUT2D eigenvalue weighted by molar-refractivity contribution is 0.302. The standard InChI is InChI=1S/C19H24Cl2N2O/c1-23(2)12-6-11-22-13-15-7-3-4-10-19(15)24-14-16-17(20)8-5-9-18(16)21/h3-5,7-10,22H,6,11-14H2,1-2H3. The van der Waals surface area contributed by atoms with Gasteiger partial charge in [0, 0.05) is 27.7 Å². The first kappa shape index (κ1) is 19.1. The van der Waals surface area contributed by atoms with E-state index in [0.29, 0.717) is 16.7 Å². The Balaban J connectivity index is 1.91. The van der Waals surface area contributed by atoms with Crippen LogP contribution in [0.3, 0.4) is 0 Å². The van der Waals surface area contributed by atoms with Crippen LogP contribution in [0.2, 0.25) is 10.0 Å². The average molecular weight is 367 g/mol. The van der Waals surface area contributed by atoms with E-state index in [9.17, 15) is 0 Å². The number of ether oxygens (including phenoxy) is 1. The molecule has 0 atom stereocenters. The van der Waals surface area contributed by atoms with E-state index < -0.39 is 0 Å². The van der Waals surface area contributed by atoms with E-state index in [-0.39, 0.29) is 0 Å². The monoisotopic (exact) mass is 366 g/mol. The second-order valence-corrected chi connectivity index (χ2v) is 6.74. The first-order valence-electron chi connectivity index (χ1n) is 8.07. The first-order valence-corrected chi connectivity index (χ1v) is 8.82. The normalized spacial score (nSPS) is 11.0. The molecule has 0 spiro atoms. The SMILES string of the molecule is CN(C)CCCNCc1ccccc1OCc1c(Cl)cccc1Cl. The predicted octanol–water partition coefficient (Wildman–Crippen LogP) is 4.61. The van der Waals surface area contributed by atoms with Crippen molar-refractivity contribution in [3.63, 3.8) is 0 Å². The predicted molar refractivity (Wildman–Crippen MR) is 102 cm³/mol. The Bertz CT molecular complexity index is 627. The smallest absolute Gasteiger partial charge is 0.124 e. The molecule has 0 radical (unpaired) electrons. The zero-order chi connectivity index (χ0) is 17.4. The molecular formula is C19H24Cl2N2O. The highest BCUT2D eigenvalue weighted by molar-refractivity contribution is 6.35. The highest BCUT2D eigenvalue weighted by atomic mass is 35.5. The molecule has 0 unspecified atom stereocenters. The lowest BCUT2D eigenvalue weighted by atomic mass is 10.2. The van der Waals surface area contributed by atoms with Crippen LogP contribution in [-0.4, -0.2) is 32.1 Å². The second-order valence-electron chi connectivity index (χ2n) is 5.93. The maximum atomic E-state index is 6.20. The van der Waals surface area contributed by atoms with E-state index in [0.717, 1.165) is 42.9 Å². The molecule has 0 aromatic heterocycles. The molecule has 0 aliphatic carbocycles. The first-order chi connectivity index (χ1) is 11.6. The Morgan fingerprint density at radius 1 is 1.00 bits per heavy atom. The fraction of sp³-hybridized carbons (Fsp3) is 0.368. The van der Waals surface area contributed by atoms with Gasteiger partial charge >= 0.3 is 0 Å². The number of rotatable bonds is 9. The number of nitrogens with one attached hydrogen (secondary N) is 1. The largest absolute Gasteiger partial charge is 0.488 e. The van der Waals surface area contributed by atoms with Gasteiger partial charge in [-0.2, -0.15) is 0 Å². The zero-order valence-corrected chi connectivity index (χ0v) is 15.7. The minimum Gasteiger partial charge on any atom is -0.488 e. The Kier molecular flexibility index (Phi) is 7.86. The van der Waals surface area contributed by atoms with Crippen LogP contribution in [0.25, 0.3) is 0 Å². The highest BCUT2D eigenvalue weighted by Gasteiger charge is 2.08. The summed E-state index contributed by atoms with van der Waals surface area (Å²) in [7, 11) is 4.17. The molecule has 5 heteroatoms. The third-order valence-corrected chi connectivity index (χ3v) is 4.39. The van der Waals surface area contributed by atoms with Gasteiger partial charge in [0.25, 0.3) is 0 Å². The quantitative estimate of drug-likeness (QED) is 0.655. The van der Waals surface area contributed by atoms with E-state index in [4.69, 9.17) is 27.9 Å². The van der Waals surface area contributed by atoms with Gasteiger partial charge in [0.15, 0.2) is 0 Å². The van der Waals surface area contributed by atoms with Gasteiger partial charge in [0.1, 0.15) is 12.4 Å². The van der Waals surface area contributed by atoms with Crippen molar-refractivity contribution in [3.05, 3.63) is 63.6 Å². The number of para-hydroxylation sites is 1. The molecule has 0 aliphatic rings. The number of benzene rings is 2. The number of halogens is 2. The molecule has 0 saturated heterocycles. The fourth-order valence-electron chi connectivity index (χ4n) is 2.35. The molecule has 0 saturated carbocycles. The van der Waals surface area contributed by atoms with Crippen LogP contribution in [0.15, 0.2) is 42.5 Å². The lowest BCUT2D eigenvalue weighted by Gasteiger charge is -2.14. The molecule has 0 aliphatic heterocycles. The van der Waals surface area contributed by atoms with Crippen LogP contribution < -0.4 is 10.1 Å². The average Bonchev–Trinajstić information content (AvgIpc) is 2.55. The summed E-state index contributed by atoms with van der Waals surface area (Å²) in [5.41, 5.74) is 1.94. The molecule has 3 nitrogen and oxygen atoms in total. The summed E-state index contributed by atoms with van der Waals surface area (Å²) < 4.78 is 5.96. The summed E-state index contributed by atoms with van der Waals surface area (Å²) in [6.07, 6.45) is 1.12. The van der Waals surface area contributed by atoms with E-state index in [1.807, 2.05) is 36.4 Å². The molecule has 0 heterocycles. The van der Waals surface area contributed by atoms with Gasteiger partial charge in [-0.25, -0.2) is 0 Å². The van der Waals surface area contributed by atoms with Crippen molar-refractivity contribution in [2.75, 3.05) is 27.2 Å². The molecule has 2 rings (SSSR count). The minimum atomic E-state index is 0.357. The Hall–Kier alpha value is -1.26. The van der Waals surface area contributed by atoms with Gasteiger partial charge in [-0.3, -0.25) is 0 Å². The maximum absolute atomic E-state index is 6.20. The van der Waals surface area contributed by atoms with Crippen LogP contribution in [0.5, 0.6) is 5.75 Å². The van der Waals surface area contributed by atoms with Crippen molar-refractivity contribution in [1.29, 1.82) is 0 Å². The van der Waals surface area contributed by atoms with E-state index in [1.165, 1.54) is 0 Å². The molecule has 24 heavy (non-hydrogen) atoms. The highest BCUT2D eigenvalue weighted by Crippen LogP contribution is 2.27. The maximum Gasteiger partial charge on any atom is 0.124 e. The summed E-state index contributed by atoms with van der Waals surface area (Å²) in [5, 5.41) is 4.71. The van der Waals surface area contributed by atoms with Crippen LogP contribution in [-0.2, 0) is 13.2 Å². The molecule has 0 bridgehead atoms. The second kappa shape index (κ2) is 9.90. The topological polar surface area (TPSA) is 24.5 Å². The van der Waals surface area contributed by atoms with Crippen molar-refractivity contribution < 1.29 is 4.74 Å².